The second-order valence-corrected chi connectivity index (χ2v) is 9.41. The normalized spacial score (nSPS) is 17.5. The molecule has 1 aliphatic rings. The quantitative estimate of drug-likeness (QED) is 0.580. The Hall–Kier alpha value is -3.45. The number of nitrogens with zero attached hydrogens (tertiary/aromatic N) is 5. The summed E-state index contributed by atoms with van der Waals surface area (Å²) in [4.78, 5) is 8.60. The fourth-order valence-electron chi connectivity index (χ4n) is 3.62. The van der Waals surface area contributed by atoms with E-state index < -0.39 is 15.9 Å². The van der Waals surface area contributed by atoms with E-state index in [0.717, 1.165) is 11.1 Å². The lowest BCUT2D eigenvalue weighted by Gasteiger charge is -2.20. The minimum Gasteiger partial charge on any atom is -0.467 e. The van der Waals surface area contributed by atoms with Gasteiger partial charge in [0, 0.05) is 7.05 Å². The fourth-order valence-corrected chi connectivity index (χ4v) is 5.08. The SMILES string of the molecule is Cc1ccc2c(c1)[C@@H](C)Oc1nc(cnc1N)-c1c(nn(C)c1C#N)CS(=O)(=O)C2. The number of aryl methyl sites for hydroxylation is 2. The number of anilines is 1. The molecule has 2 bridgehead atoms. The minimum atomic E-state index is -3.60. The van der Waals surface area contributed by atoms with Gasteiger partial charge in [0.1, 0.15) is 17.9 Å². The summed E-state index contributed by atoms with van der Waals surface area (Å²) in [5.41, 5.74) is 9.36. The van der Waals surface area contributed by atoms with E-state index in [1.165, 1.54) is 10.9 Å². The van der Waals surface area contributed by atoms with Crippen molar-refractivity contribution in [3.05, 3.63) is 52.5 Å². The molecule has 2 aromatic heterocycles. The summed E-state index contributed by atoms with van der Waals surface area (Å²) in [6, 6.07) is 7.61. The Bertz CT molecular complexity index is 1310. The van der Waals surface area contributed by atoms with Crippen molar-refractivity contribution in [2.24, 2.45) is 7.05 Å². The lowest BCUT2D eigenvalue weighted by Crippen LogP contribution is -2.15. The van der Waals surface area contributed by atoms with Gasteiger partial charge in [-0.3, -0.25) is 4.68 Å². The third-order valence-corrected chi connectivity index (χ3v) is 6.47. The van der Waals surface area contributed by atoms with Crippen molar-refractivity contribution in [3.8, 4) is 23.2 Å². The van der Waals surface area contributed by atoms with Gasteiger partial charge in [0.2, 0.25) is 0 Å². The largest absolute Gasteiger partial charge is 0.467 e. The van der Waals surface area contributed by atoms with E-state index in [9.17, 15) is 13.7 Å². The van der Waals surface area contributed by atoms with Gasteiger partial charge in [0.25, 0.3) is 5.88 Å². The van der Waals surface area contributed by atoms with E-state index >= 15 is 0 Å². The second-order valence-electron chi connectivity index (χ2n) is 7.35. The van der Waals surface area contributed by atoms with Gasteiger partial charge in [-0.1, -0.05) is 23.8 Å². The molecule has 0 spiro atoms. The average molecular weight is 424 g/mol. The molecule has 154 valence electrons. The van der Waals surface area contributed by atoms with Crippen LogP contribution in [0.1, 0.15) is 41.1 Å². The molecule has 0 radical (unpaired) electrons. The van der Waals surface area contributed by atoms with Crippen molar-refractivity contribution in [2.45, 2.75) is 31.5 Å². The topological polar surface area (TPSA) is 137 Å². The number of nitriles is 1. The van der Waals surface area contributed by atoms with Crippen LogP contribution in [0.2, 0.25) is 0 Å². The Kier molecular flexibility index (Phi) is 4.70. The number of aromatic nitrogens is 4. The van der Waals surface area contributed by atoms with Crippen LogP contribution in [0.3, 0.4) is 0 Å². The number of nitrogen functional groups attached to an aromatic ring is 1. The summed E-state index contributed by atoms with van der Waals surface area (Å²) < 4.78 is 33.5. The Labute approximate surface area is 174 Å². The molecule has 4 rings (SSSR count). The first-order valence-electron chi connectivity index (χ1n) is 9.24. The summed E-state index contributed by atoms with van der Waals surface area (Å²) in [6.45, 7) is 3.73. The highest BCUT2D eigenvalue weighted by Gasteiger charge is 2.28. The molecular weight excluding hydrogens is 404 g/mol. The molecule has 3 heterocycles. The molecule has 30 heavy (non-hydrogen) atoms. The standard InChI is InChI=1S/C20H20N6O3S/c1-11-4-5-13-9-30(27,28)10-16-18(17(7-21)26(3)25-16)15-8-23-19(22)20(24-15)29-12(2)14(13)6-11/h4-6,8,12H,9-10H2,1-3H3,(H2,22,23)/t12-/m1/s1. The number of hydrogen-bond acceptors (Lipinski definition) is 8. The number of ether oxygens (including phenoxy) is 1. The molecule has 0 saturated heterocycles. The zero-order valence-corrected chi connectivity index (χ0v) is 17.6. The highest BCUT2D eigenvalue weighted by atomic mass is 32.2. The number of nitrogens with two attached hydrogens (primary N) is 1. The van der Waals surface area contributed by atoms with Crippen molar-refractivity contribution in [1.82, 2.24) is 19.7 Å². The highest BCUT2D eigenvalue weighted by Crippen LogP contribution is 2.34. The second kappa shape index (κ2) is 7.11. The van der Waals surface area contributed by atoms with Gasteiger partial charge < -0.3 is 10.5 Å². The fraction of sp³-hybridized carbons (Fsp3) is 0.300. The van der Waals surface area contributed by atoms with Crippen LogP contribution >= 0.6 is 0 Å². The van der Waals surface area contributed by atoms with Gasteiger partial charge in [-0.15, -0.1) is 0 Å². The summed E-state index contributed by atoms with van der Waals surface area (Å²) in [6.07, 6.45) is 0.884. The van der Waals surface area contributed by atoms with E-state index in [-0.39, 0.29) is 40.3 Å². The van der Waals surface area contributed by atoms with Crippen LogP contribution in [-0.4, -0.2) is 28.2 Å². The molecular formula is C20H20N6O3S. The molecule has 1 aromatic carbocycles. The van der Waals surface area contributed by atoms with Crippen molar-refractivity contribution in [1.29, 1.82) is 5.26 Å². The predicted molar refractivity (Wildman–Crippen MR) is 110 cm³/mol. The number of hydrogen-bond donors (Lipinski definition) is 1. The van der Waals surface area contributed by atoms with Crippen LogP contribution in [0.4, 0.5) is 5.82 Å². The molecule has 10 heteroatoms. The minimum absolute atomic E-state index is 0.105. The first-order valence-corrected chi connectivity index (χ1v) is 11.1. The monoisotopic (exact) mass is 424 g/mol. The van der Waals surface area contributed by atoms with Crippen LogP contribution < -0.4 is 10.5 Å². The van der Waals surface area contributed by atoms with Crippen molar-refractivity contribution >= 4 is 15.7 Å². The maximum Gasteiger partial charge on any atom is 0.258 e. The Morgan fingerprint density at radius 1 is 1.33 bits per heavy atom. The molecule has 9 nitrogen and oxygen atoms in total. The molecule has 3 aromatic rings. The molecule has 0 aliphatic carbocycles. The molecule has 0 unspecified atom stereocenters. The summed E-state index contributed by atoms with van der Waals surface area (Å²) >= 11 is 0. The molecule has 1 aliphatic heterocycles. The van der Waals surface area contributed by atoms with E-state index in [2.05, 4.69) is 21.1 Å². The molecule has 0 saturated carbocycles. The van der Waals surface area contributed by atoms with Gasteiger partial charge in [-0.05, 0) is 25.0 Å². The smallest absolute Gasteiger partial charge is 0.258 e. The van der Waals surface area contributed by atoms with Crippen molar-refractivity contribution < 1.29 is 13.2 Å². The van der Waals surface area contributed by atoms with Gasteiger partial charge >= 0.3 is 0 Å². The summed E-state index contributed by atoms with van der Waals surface area (Å²) in [7, 11) is -2.02. The van der Waals surface area contributed by atoms with E-state index in [0.29, 0.717) is 11.1 Å². The molecule has 0 amide bonds. The highest BCUT2D eigenvalue weighted by molar-refractivity contribution is 7.89. The maximum atomic E-state index is 13.1. The van der Waals surface area contributed by atoms with Gasteiger partial charge in [-0.2, -0.15) is 10.4 Å². The van der Waals surface area contributed by atoms with Gasteiger partial charge in [-0.25, -0.2) is 18.4 Å². The molecule has 1 atom stereocenters. The lowest BCUT2D eigenvalue weighted by atomic mass is 10.0. The maximum absolute atomic E-state index is 13.1. The zero-order chi connectivity index (χ0) is 21.6. The first-order chi connectivity index (χ1) is 14.2. The van der Waals surface area contributed by atoms with E-state index in [4.69, 9.17) is 10.5 Å². The third-order valence-electron chi connectivity index (χ3n) is 5.01. The van der Waals surface area contributed by atoms with Gasteiger partial charge in [0.05, 0.1) is 34.7 Å². The van der Waals surface area contributed by atoms with Crippen molar-refractivity contribution in [3.63, 3.8) is 0 Å². The average Bonchev–Trinajstić information content (AvgIpc) is 2.98. The Morgan fingerprint density at radius 2 is 2.10 bits per heavy atom. The number of fused-ring (bicyclic) bond motifs is 5. The van der Waals surface area contributed by atoms with E-state index in [1.807, 2.05) is 19.1 Å². The summed E-state index contributed by atoms with van der Waals surface area (Å²) in [5, 5.41) is 13.9. The zero-order valence-electron chi connectivity index (χ0n) is 16.7. The number of benzene rings is 1. The number of rotatable bonds is 0. The van der Waals surface area contributed by atoms with Crippen LogP contribution in [0.5, 0.6) is 5.88 Å². The predicted octanol–water partition coefficient (Wildman–Crippen LogP) is 2.21. The van der Waals surface area contributed by atoms with Crippen LogP contribution in [0, 0.1) is 18.3 Å². The van der Waals surface area contributed by atoms with Crippen molar-refractivity contribution in [2.75, 3.05) is 5.73 Å². The Morgan fingerprint density at radius 3 is 2.83 bits per heavy atom. The molecule has 2 N–H and O–H groups in total. The van der Waals surface area contributed by atoms with Crippen LogP contribution in [-0.2, 0) is 28.4 Å². The van der Waals surface area contributed by atoms with Crippen LogP contribution in [0.15, 0.2) is 24.4 Å². The summed E-state index contributed by atoms with van der Waals surface area (Å²) in [5.74, 6) is -0.284. The Balaban J connectivity index is 2.00. The third kappa shape index (κ3) is 3.48. The lowest BCUT2D eigenvalue weighted by molar-refractivity contribution is 0.217. The van der Waals surface area contributed by atoms with Gasteiger partial charge in [0.15, 0.2) is 15.7 Å². The number of sulfone groups is 1. The molecule has 0 fully saturated rings. The van der Waals surface area contributed by atoms with Crippen LogP contribution in [0.25, 0.3) is 11.3 Å². The van der Waals surface area contributed by atoms with E-state index in [1.54, 1.807) is 20.0 Å². The first kappa shape index (κ1) is 19.8.